The minimum Gasteiger partial charge on any atom is -0.361 e. The highest BCUT2D eigenvalue weighted by Crippen LogP contribution is 2.11. The maximum atomic E-state index is 5.04. The normalized spacial score (nSPS) is 10.6. The lowest BCUT2D eigenvalue weighted by atomic mass is 10.2. The predicted octanol–water partition coefficient (Wildman–Crippen LogP) is 1.87. The van der Waals surface area contributed by atoms with Crippen LogP contribution in [0, 0.1) is 13.8 Å². The summed E-state index contributed by atoms with van der Waals surface area (Å²) in [6, 6.07) is 3.77. The molecule has 0 amide bonds. The lowest BCUT2D eigenvalue weighted by Gasteiger charge is -1.86. The van der Waals surface area contributed by atoms with Crippen molar-refractivity contribution in [3.05, 3.63) is 35.0 Å². The number of nitrogens with zero attached hydrogens (tertiary/aromatic N) is 2. The molecule has 13 heavy (non-hydrogen) atoms. The van der Waals surface area contributed by atoms with Gasteiger partial charge < -0.3 is 9.05 Å². The molecule has 68 valence electrons. The molecule has 2 heterocycles. The summed E-state index contributed by atoms with van der Waals surface area (Å²) in [5.41, 5.74) is 1.76. The summed E-state index contributed by atoms with van der Waals surface area (Å²) >= 11 is 0. The SMILES string of the molecule is Cc1cc(Cc2cc(C)no2)on1. The number of hydrogen-bond donors (Lipinski definition) is 0. The molecular formula is C9H10N2O2. The van der Waals surface area contributed by atoms with Gasteiger partial charge in [-0.2, -0.15) is 0 Å². The molecule has 0 saturated heterocycles. The zero-order valence-corrected chi connectivity index (χ0v) is 7.57. The van der Waals surface area contributed by atoms with E-state index in [-0.39, 0.29) is 0 Å². The summed E-state index contributed by atoms with van der Waals surface area (Å²) in [6.07, 6.45) is 0.613. The van der Waals surface area contributed by atoms with Crippen molar-refractivity contribution in [1.29, 1.82) is 0 Å². The second-order valence-electron chi connectivity index (χ2n) is 3.05. The van der Waals surface area contributed by atoms with Crippen LogP contribution in [0.3, 0.4) is 0 Å². The zero-order valence-electron chi connectivity index (χ0n) is 7.57. The minimum absolute atomic E-state index is 0.613. The topological polar surface area (TPSA) is 52.1 Å². The molecule has 0 atom stereocenters. The first-order valence-corrected chi connectivity index (χ1v) is 4.08. The molecule has 0 radical (unpaired) electrons. The maximum Gasteiger partial charge on any atom is 0.144 e. The van der Waals surface area contributed by atoms with Crippen LogP contribution in [-0.2, 0) is 6.42 Å². The van der Waals surface area contributed by atoms with Gasteiger partial charge in [-0.1, -0.05) is 10.3 Å². The molecule has 0 aliphatic heterocycles. The van der Waals surface area contributed by atoms with Gasteiger partial charge in [-0.3, -0.25) is 0 Å². The lowest BCUT2D eigenvalue weighted by molar-refractivity contribution is 0.352. The highest BCUT2D eigenvalue weighted by Gasteiger charge is 2.06. The Morgan fingerprint density at radius 2 is 1.46 bits per heavy atom. The van der Waals surface area contributed by atoms with E-state index in [1.165, 1.54) is 0 Å². The molecule has 0 fully saturated rings. The monoisotopic (exact) mass is 178 g/mol. The first-order valence-electron chi connectivity index (χ1n) is 4.08. The van der Waals surface area contributed by atoms with Gasteiger partial charge in [-0.25, -0.2) is 0 Å². The number of aryl methyl sites for hydroxylation is 2. The van der Waals surface area contributed by atoms with Gasteiger partial charge in [0.15, 0.2) is 0 Å². The molecule has 0 aliphatic rings. The van der Waals surface area contributed by atoms with Crippen molar-refractivity contribution in [2.75, 3.05) is 0 Å². The summed E-state index contributed by atoms with van der Waals surface area (Å²) in [5, 5.41) is 7.57. The predicted molar refractivity (Wildman–Crippen MR) is 45.3 cm³/mol. The molecule has 4 nitrogen and oxygen atoms in total. The van der Waals surface area contributed by atoms with Crippen molar-refractivity contribution < 1.29 is 9.05 Å². The molecule has 0 bridgehead atoms. The third kappa shape index (κ3) is 1.77. The van der Waals surface area contributed by atoms with Crippen molar-refractivity contribution in [2.45, 2.75) is 20.3 Å². The summed E-state index contributed by atoms with van der Waals surface area (Å²) < 4.78 is 10.1. The van der Waals surface area contributed by atoms with Crippen LogP contribution in [0.2, 0.25) is 0 Å². The van der Waals surface area contributed by atoms with Gasteiger partial charge in [-0.05, 0) is 13.8 Å². The quantitative estimate of drug-likeness (QED) is 0.704. The maximum absolute atomic E-state index is 5.04. The fourth-order valence-corrected chi connectivity index (χ4v) is 1.17. The van der Waals surface area contributed by atoms with Crippen LogP contribution >= 0.6 is 0 Å². The molecule has 0 aliphatic carbocycles. The second-order valence-corrected chi connectivity index (χ2v) is 3.05. The third-order valence-corrected chi connectivity index (χ3v) is 1.70. The number of aromatic nitrogens is 2. The first-order chi connectivity index (χ1) is 6.24. The van der Waals surface area contributed by atoms with Crippen molar-refractivity contribution >= 4 is 0 Å². The average molecular weight is 178 g/mol. The summed E-state index contributed by atoms with van der Waals surface area (Å²) in [4.78, 5) is 0. The Hall–Kier alpha value is -1.58. The molecule has 0 aromatic carbocycles. The molecule has 0 spiro atoms. The molecule has 0 N–H and O–H groups in total. The first kappa shape index (κ1) is 8.04. The highest BCUT2D eigenvalue weighted by atomic mass is 16.5. The number of hydrogen-bond acceptors (Lipinski definition) is 4. The Balaban J connectivity index is 2.14. The van der Waals surface area contributed by atoms with Crippen LogP contribution in [0.1, 0.15) is 22.9 Å². The van der Waals surface area contributed by atoms with E-state index >= 15 is 0 Å². The van der Waals surface area contributed by atoms with Crippen molar-refractivity contribution in [1.82, 2.24) is 10.3 Å². The van der Waals surface area contributed by atoms with Crippen molar-refractivity contribution in [3.63, 3.8) is 0 Å². The van der Waals surface area contributed by atoms with E-state index in [1.807, 2.05) is 26.0 Å². The average Bonchev–Trinajstić information content (AvgIpc) is 2.62. The van der Waals surface area contributed by atoms with E-state index in [2.05, 4.69) is 10.3 Å². The van der Waals surface area contributed by atoms with Crippen LogP contribution in [-0.4, -0.2) is 10.3 Å². The molecule has 2 rings (SSSR count). The highest BCUT2D eigenvalue weighted by molar-refractivity contribution is 5.13. The van der Waals surface area contributed by atoms with Gasteiger partial charge in [0.05, 0.1) is 17.8 Å². The summed E-state index contributed by atoms with van der Waals surface area (Å²) in [7, 11) is 0. The van der Waals surface area contributed by atoms with Gasteiger partial charge in [0.2, 0.25) is 0 Å². The van der Waals surface area contributed by atoms with E-state index in [1.54, 1.807) is 0 Å². The Kier molecular flexibility index (Phi) is 1.88. The summed E-state index contributed by atoms with van der Waals surface area (Å²) in [6.45, 7) is 3.78. The van der Waals surface area contributed by atoms with E-state index in [4.69, 9.17) is 9.05 Å². The van der Waals surface area contributed by atoms with Crippen LogP contribution in [0.5, 0.6) is 0 Å². The molecule has 2 aromatic heterocycles. The fourth-order valence-electron chi connectivity index (χ4n) is 1.17. The third-order valence-electron chi connectivity index (χ3n) is 1.70. The Bertz CT molecular complexity index is 365. The Morgan fingerprint density at radius 3 is 1.77 bits per heavy atom. The van der Waals surface area contributed by atoms with E-state index < -0.39 is 0 Å². The van der Waals surface area contributed by atoms with Crippen molar-refractivity contribution in [3.8, 4) is 0 Å². The zero-order chi connectivity index (χ0) is 9.26. The Morgan fingerprint density at radius 1 is 1.00 bits per heavy atom. The van der Waals surface area contributed by atoms with Crippen LogP contribution in [0.25, 0.3) is 0 Å². The number of rotatable bonds is 2. The van der Waals surface area contributed by atoms with E-state index in [0.717, 1.165) is 22.9 Å². The molecular weight excluding hydrogens is 168 g/mol. The van der Waals surface area contributed by atoms with Crippen LogP contribution in [0.4, 0.5) is 0 Å². The van der Waals surface area contributed by atoms with Gasteiger partial charge in [0.1, 0.15) is 11.5 Å². The Labute approximate surface area is 75.5 Å². The second kappa shape index (κ2) is 3.05. The molecule has 0 unspecified atom stereocenters. The largest absolute Gasteiger partial charge is 0.361 e. The summed E-state index contributed by atoms with van der Waals surface area (Å²) in [5.74, 6) is 1.60. The van der Waals surface area contributed by atoms with Gasteiger partial charge >= 0.3 is 0 Å². The fraction of sp³-hybridized carbons (Fsp3) is 0.333. The molecule has 2 aromatic rings. The van der Waals surface area contributed by atoms with Crippen LogP contribution in [0.15, 0.2) is 21.2 Å². The van der Waals surface area contributed by atoms with E-state index in [9.17, 15) is 0 Å². The van der Waals surface area contributed by atoms with Gasteiger partial charge in [0.25, 0.3) is 0 Å². The van der Waals surface area contributed by atoms with Crippen molar-refractivity contribution in [2.24, 2.45) is 0 Å². The minimum atomic E-state index is 0.613. The van der Waals surface area contributed by atoms with Gasteiger partial charge in [0, 0.05) is 12.1 Å². The van der Waals surface area contributed by atoms with E-state index in [0.29, 0.717) is 6.42 Å². The molecule has 0 saturated carbocycles. The van der Waals surface area contributed by atoms with Gasteiger partial charge in [-0.15, -0.1) is 0 Å². The molecule has 4 heteroatoms. The lowest BCUT2D eigenvalue weighted by Crippen LogP contribution is -1.80. The van der Waals surface area contributed by atoms with Crippen LogP contribution < -0.4 is 0 Å². The standard InChI is InChI=1S/C9H10N2O2/c1-6-3-8(12-10-6)5-9-4-7(2)11-13-9/h3-4H,5H2,1-2H3. The smallest absolute Gasteiger partial charge is 0.144 e.